The van der Waals surface area contributed by atoms with E-state index >= 15 is 0 Å². The lowest BCUT2D eigenvalue weighted by Gasteiger charge is -2.23. The summed E-state index contributed by atoms with van der Waals surface area (Å²) in [7, 11) is 0. The Morgan fingerprint density at radius 1 is 0.833 bits per heavy atom. The van der Waals surface area contributed by atoms with Gasteiger partial charge in [-0.25, -0.2) is 0 Å². The van der Waals surface area contributed by atoms with E-state index in [4.69, 9.17) is 0 Å². The number of hydrogen-bond donors (Lipinski definition) is 2. The number of aromatic nitrogens is 1. The lowest BCUT2D eigenvalue weighted by atomic mass is 9.95. The molecular formula is C19H27N3O2. The number of carbonyl (C=O) groups excluding carboxylic acids is 2. The second-order valence-corrected chi connectivity index (χ2v) is 7.05. The first-order valence-electron chi connectivity index (χ1n) is 9.30. The van der Waals surface area contributed by atoms with Crippen molar-refractivity contribution in [1.82, 2.24) is 15.6 Å². The van der Waals surface area contributed by atoms with Crippen molar-refractivity contribution in [2.45, 2.75) is 76.3 Å². The number of hydrogen-bond acceptors (Lipinski definition) is 3. The van der Waals surface area contributed by atoms with Crippen LogP contribution in [-0.4, -0.2) is 28.9 Å². The van der Waals surface area contributed by atoms with Crippen LogP contribution in [0.2, 0.25) is 0 Å². The van der Waals surface area contributed by atoms with Gasteiger partial charge in [0, 0.05) is 23.8 Å². The van der Waals surface area contributed by atoms with E-state index in [-0.39, 0.29) is 23.9 Å². The predicted octanol–water partition coefficient (Wildman–Crippen LogP) is 3.21. The molecule has 0 saturated heterocycles. The number of nitrogens with one attached hydrogen (secondary N) is 2. The summed E-state index contributed by atoms with van der Waals surface area (Å²) in [5.41, 5.74) is 0.848. The molecule has 0 aromatic carbocycles. The van der Waals surface area contributed by atoms with Crippen LogP contribution in [0.15, 0.2) is 18.3 Å². The zero-order valence-electron chi connectivity index (χ0n) is 14.2. The van der Waals surface area contributed by atoms with Gasteiger partial charge in [-0.3, -0.25) is 14.6 Å². The summed E-state index contributed by atoms with van der Waals surface area (Å²) in [6.45, 7) is 0. The van der Waals surface area contributed by atoms with Gasteiger partial charge in [0.1, 0.15) is 5.69 Å². The number of rotatable bonds is 4. The lowest BCUT2D eigenvalue weighted by molar-refractivity contribution is 0.0922. The molecule has 2 saturated carbocycles. The van der Waals surface area contributed by atoms with Gasteiger partial charge in [-0.15, -0.1) is 0 Å². The van der Waals surface area contributed by atoms with E-state index in [1.165, 1.54) is 38.5 Å². The van der Waals surface area contributed by atoms with Crippen LogP contribution < -0.4 is 10.6 Å². The fourth-order valence-corrected chi connectivity index (χ4v) is 3.72. The van der Waals surface area contributed by atoms with Crippen LogP contribution in [0.1, 0.15) is 85.1 Å². The van der Waals surface area contributed by atoms with Crippen LogP contribution in [0, 0.1) is 0 Å². The van der Waals surface area contributed by atoms with Gasteiger partial charge < -0.3 is 10.6 Å². The Morgan fingerprint density at radius 2 is 1.38 bits per heavy atom. The number of nitrogens with zero attached hydrogens (tertiary/aromatic N) is 1. The van der Waals surface area contributed by atoms with Gasteiger partial charge in [0.25, 0.3) is 11.8 Å². The average molecular weight is 329 g/mol. The molecule has 0 unspecified atom stereocenters. The van der Waals surface area contributed by atoms with Crippen molar-refractivity contribution in [3.05, 3.63) is 29.6 Å². The van der Waals surface area contributed by atoms with Gasteiger partial charge in [0.2, 0.25) is 0 Å². The molecule has 2 amide bonds. The normalized spacial score (nSPS) is 19.7. The van der Waals surface area contributed by atoms with Gasteiger partial charge in [-0.05, 0) is 37.8 Å². The Labute approximate surface area is 143 Å². The molecule has 1 heterocycles. The first kappa shape index (κ1) is 16.9. The summed E-state index contributed by atoms with van der Waals surface area (Å²) < 4.78 is 0. The standard InChI is InChI=1S/C19H27N3O2/c23-18(21-15-7-3-1-4-8-15)14-11-12-20-17(13-14)19(24)22-16-9-5-2-6-10-16/h11-13,15-16H,1-10H2,(H,21,23)(H,22,24). The van der Waals surface area contributed by atoms with Gasteiger partial charge in [-0.1, -0.05) is 38.5 Å². The van der Waals surface area contributed by atoms with E-state index in [0.717, 1.165) is 25.7 Å². The van der Waals surface area contributed by atoms with E-state index in [9.17, 15) is 9.59 Å². The highest BCUT2D eigenvalue weighted by Crippen LogP contribution is 2.19. The summed E-state index contributed by atoms with van der Waals surface area (Å²) in [4.78, 5) is 28.9. The van der Waals surface area contributed by atoms with E-state index in [0.29, 0.717) is 11.3 Å². The van der Waals surface area contributed by atoms with Gasteiger partial charge in [0.05, 0.1) is 0 Å². The van der Waals surface area contributed by atoms with Crippen molar-refractivity contribution in [3.8, 4) is 0 Å². The summed E-state index contributed by atoms with van der Waals surface area (Å²) in [6, 6.07) is 3.79. The Balaban J connectivity index is 1.60. The lowest BCUT2D eigenvalue weighted by Crippen LogP contribution is -2.37. The van der Waals surface area contributed by atoms with Gasteiger partial charge in [-0.2, -0.15) is 0 Å². The van der Waals surface area contributed by atoms with Crippen LogP contribution in [0.5, 0.6) is 0 Å². The molecule has 1 aromatic rings. The van der Waals surface area contributed by atoms with E-state index in [1.807, 2.05) is 0 Å². The first-order valence-corrected chi connectivity index (χ1v) is 9.30. The minimum Gasteiger partial charge on any atom is -0.349 e. The molecule has 0 aliphatic heterocycles. The largest absolute Gasteiger partial charge is 0.349 e. The molecule has 24 heavy (non-hydrogen) atoms. The SMILES string of the molecule is O=C(NC1CCCCC1)c1ccnc(C(=O)NC2CCCCC2)c1. The van der Waals surface area contributed by atoms with Gasteiger partial charge in [0.15, 0.2) is 0 Å². The van der Waals surface area contributed by atoms with E-state index < -0.39 is 0 Å². The molecular weight excluding hydrogens is 302 g/mol. The average Bonchev–Trinajstić information content (AvgIpc) is 2.63. The molecule has 2 aliphatic carbocycles. The monoisotopic (exact) mass is 329 g/mol. The molecule has 2 N–H and O–H groups in total. The second kappa shape index (κ2) is 8.27. The fraction of sp³-hybridized carbons (Fsp3) is 0.632. The van der Waals surface area contributed by atoms with Crippen molar-refractivity contribution in [1.29, 1.82) is 0 Å². The molecule has 0 bridgehead atoms. The minimum absolute atomic E-state index is 0.101. The first-order chi connectivity index (χ1) is 11.7. The topological polar surface area (TPSA) is 71.1 Å². The Bertz CT molecular complexity index is 528. The second-order valence-electron chi connectivity index (χ2n) is 7.05. The van der Waals surface area contributed by atoms with Crippen molar-refractivity contribution >= 4 is 11.8 Å². The predicted molar refractivity (Wildman–Crippen MR) is 92.9 cm³/mol. The molecule has 0 spiro atoms. The van der Waals surface area contributed by atoms with Gasteiger partial charge >= 0.3 is 0 Å². The summed E-state index contributed by atoms with van der Waals surface area (Å²) >= 11 is 0. The molecule has 5 heteroatoms. The molecule has 2 aliphatic rings. The highest BCUT2D eigenvalue weighted by atomic mass is 16.2. The Hall–Kier alpha value is -1.91. The van der Waals surface area contributed by atoms with Crippen molar-refractivity contribution in [3.63, 3.8) is 0 Å². The van der Waals surface area contributed by atoms with Crippen molar-refractivity contribution in [2.75, 3.05) is 0 Å². The number of pyridine rings is 1. The van der Waals surface area contributed by atoms with Crippen LogP contribution in [0.4, 0.5) is 0 Å². The molecule has 3 rings (SSSR count). The van der Waals surface area contributed by atoms with Crippen LogP contribution in [0.25, 0.3) is 0 Å². The summed E-state index contributed by atoms with van der Waals surface area (Å²) in [5, 5.41) is 6.13. The highest BCUT2D eigenvalue weighted by Gasteiger charge is 2.20. The molecule has 0 radical (unpaired) electrons. The highest BCUT2D eigenvalue weighted by molar-refractivity contribution is 5.98. The third-order valence-electron chi connectivity index (χ3n) is 5.14. The third-order valence-corrected chi connectivity index (χ3v) is 5.14. The zero-order chi connectivity index (χ0) is 16.8. The van der Waals surface area contributed by atoms with E-state index in [1.54, 1.807) is 18.3 Å². The Kier molecular flexibility index (Phi) is 5.83. The van der Waals surface area contributed by atoms with Crippen LogP contribution >= 0.6 is 0 Å². The minimum atomic E-state index is -0.172. The summed E-state index contributed by atoms with van der Waals surface area (Å²) in [6.07, 6.45) is 12.9. The third kappa shape index (κ3) is 4.56. The maximum Gasteiger partial charge on any atom is 0.270 e. The quantitative estimate of drug-likeness (QED) is 0.891. The van der Waals surface area contributed by atoms with Crippen LogP contribution in [-0.2, 0) is 0 Å². The van der Waals surface area contributed by atoms with Crippen molar-refractivity contribution in [2.24, 2.45) is 0 Å². The molecule has 1 aromatic heterocycles. The summed E-state index contributed by atoms with van der Waals surface area (Å²) in [5.74, 6) is -0.273. The molecule has 2 fully saturated rings. The van der Waals surface area contributed by atoms with Crippen molar-refractivity contribution < 1.29 is 9.59 Å². The fourth-order valence-electron chi connectivity index (χ4n) is 3.72. The Morgan fingerprint density at radius 3 is 1.96 bits per heavy atom. The maximum absolute atomic E-state index is 12.4. The zero-order valence-corrected chi connectivity index (χ0v) is 14.2. The molecule has 130 valence electrons. The maximum atomic E-state index is 12.4. The van der Waals surface area contributed by atoms with E-state index in [2.05, 4.69) is 15.6 Å². The number of carbonyl (C=O) groups is 2. The number of amides is 2. The molecule has 0 atom stereocenters. The smallest absolute Gasteiger partial charge is 0.270 e. The van der Waals surface area contributed by atoms with Crippen LogP contribution in [0.3, 0.4) is 0 Å². The molecule has 5 nitrogen and oxygen atoms in total.